The van der Waals surface area contributed by atoms with Gasteiger partial charge in [0.1, 0.15) is 0 Å². The van der Waals surface area contributed by atoms with Crippen molar-refractivity contribution in [3.63, 3.8) is 0 Å². The number of alkyl halides is 3. The Balaban J connectivity index is 1.60. The van der Waals surface area contributed by atoms with E-state index in [9.17, 15) is 18.3 Å². The molecule has 3 aromatic rings. The van der Waals surface area contributed by atoms with E-state index in [1.165, 1.54) is 23.0 Å². The monoisotopic (exact) mass is 378 g/mol. The molecule has 7 nitrogen and oxygen atoms in total. The van der Waals surface area contributed by atoms with Crippen molar-refractivity contribution >= 4 is 17.1 Å². The highest BCUT2D eigenvalue weighted by Gasteiger charge is 2.30. The number of aliphatic hydroxyl groups excluding tert-OH is 1. The lowest BCUT2D eigenvalue weighted by molar-refractivity contribution is -0.137. The van der Waals surface area contributed by atoms with Gasteiger partial charge in [-0.3, -0.25) is 0 Å². The quantitative estimate of drug-likeness (QED) is 0.729. The van der Waals surface area contributed by atoms with Gasteiger partial charge in [-0.2, -0.15) is 22.8 Å². The summed E-state index contributed by atoms with van der Waals surface area (Å²) in [5, 5.41) is 20.8. The molecule has 4 rings (SSSR count). The van der Waals surface area contributed by atoms with Gasteiger partial charge in [-0.15, -0.1) is 5.10 Å². The second-order valence-electron chi connectivity index (χ2n) is 6.60. The van der Waals surface area contributed by atoms with Gasteiger partial charge in [0.2, 0.25) is 5.95 Å². The van der Waals surface area contributed by atoms with Crippen LogP contribution in [0.2, 0.25) is 0 Å². The van der Waals surface area contributed by atoms with E-state index in [4.69, 9.17) is 0 Å². The number of rotatable bonds is 3. The van der Waals surface area contributed by atoms with E-state index in [-0.39, 0.29) is 12.1 Å². The van der Waals surface area contributed by atoms with Gasteiger partial charge in [0.05, 0.1) is 23.6 Å². The summed E-state index contributed by atoms with van der Waals surface area (Å²) < 4.78 is 39.6. The van der Waals surface area contributed by atoms with Crippen molar-refractivity contribution in [3.05, 3.63) is 36.0 Å². The van der Waals surface area contributed by atoms with Gasteiger partial charge in [0.15, 0.2) is 11.2 Å². The van der Waals surface area contributed by atoms with Gasteiger partial charge in [-0.1, -0.05) is 5.21 Å². The fourth-order valence-electron chi connectivity index (χ4n) is 3.17. The molecule has 142 valence electrons. The van der Waals surface area contributed by atoms with Crippen molar-refractivity contribution in [1.82, 2.24) is 25.0 Å². The molecule has 2 N–H and O–H groups in total. The molecule has 0 aliphatic heterocycles. The maximum atomic E-state index is 12.7. The average molecular weight is 378 g/mol. The molecule has 27 heavy (non-hydrogen) atoms. The van der Waals surface area contributed by atoms with E-state index in [0.717, 1.165) is 37.8 Å². The molecule has 1 fully saturated rings. The molecule has 0 atom stereocenters. The molecule has 1 aliphatic carbocycles. The minimum atomic E-state index is -4.39. The molecular weight excluding hydrogens is 361 g/mol. The Morgan fingerprint density at radius 1 is 1.07 bits per heavy atom. The van der Waals surface area contributed by atoms with Gasteiger partial charge >= 0.3 is 6.18 Å². The summed E-state index contributed by atoms with van der Waals surface area (Å²) in [4.78, 5) is 8.65. The summed E-state index contributed by atoms with van der Waals surface area (Å²) in [7, 11) is 0. The van der Waals surface area contributed by atoms with E-state index < -0.39 is 11.7 Å². The van der Waals surface area contributed by atoms with Crippen molar-refractivity contribution in [2.45, 2.75) is 44.0 Å². The van der Waals surface area contributed by atoms with Crippen LogP contribution in [0.1, 0.15) is 31.2 Å². The zero-order valence-corrected chi connectivity index (χ0v) is 14.2. The minimum absolute atomic E-state index is 0.168. The maximum absolute atomic E-state index is 12.7. The van der Waals surface area contributed by atoms with Crippen LogP contribution in [0.3, 0.4) is 0 Å². The van der Waals surface area contributed by atoms with E-state index in [2.05, 4.69) is 25.6 Å². The van der Waals surface area contributed by atoms with Gasteiger partial charge < -0.3 is 10.4 Å². The van der Waals surface area contributed by atoms with Crippen LogP contribution < -0.4 is 5.32 Å². The van der Waals surface area contributed by atoms with Crippen LogP contribution >= 0.6 is 0 Å². The number of benzene rings is 1. The summed E-state index contributed by atoms with van der Waals surface area (Å²) in [6.07, 6.45) is -0.0312. The molecule has 0 unspecified atom stereocenters. The summed E-state index contributed by atoms with van der Waals surface area (Å²) in [5.41, 5.74) is 0.547. The first-order valence-electron chi connectivity index (χ1n) is 8.61. The molecule has 0 radical (unpaired) electrons. The van der Waals surface area contributed by atoms with Crippen molar-refractivity contribution in [3.8, 4) is 5.69 Å². The zero-order valence-electron chi connectivity index (χ0n) is 14.2. The second-order valence-corrected chi connectivity index (χ2v) is 6.60. The average Bonchev–Trinajstić information content (AvgIpc) is 3.06. The predicted octanol–water partition coefficient (Wildman–Crippen LogP) is 2.94. The number of nitrogens with one attached hydrogen (secondary N) is 1. The molecule has 0 saturated heterocycles. The molecule has 0 amide bonds. The largest absolute Gasteiger partial charge is 0.416 e. The van der Waals surface area contributed by atoms with Gasteiger partial charge in [-0.05, 0) is 49.9 Å². The molecular formula is C17H17F3N6O. The van der Waals surface area contributed by atoms with Crippen LogP contribution in [0.4, 0.5) is 19.1 Å². The van der Waals surface area contributed by atoms with Gasteiger partial charge in [-0.25, -0.2) is 4.98 Å². The van der Waals surface area contributed by atoms with E-state index in [1.54, 1.807) is 0 Å². The smallest absolute Gasteiger partial charge is 0.393 e. The van der Waals surface area contributed by atoms with Crippen LogP contribution in [0, 0.1) is 0 Å². The summed E-state index contributed by atoms with van der Waals surface area (Å²) >= 11 is 0. The summed E-state index contributed by atoms with van der Waals surface area (Å²) in [6, 6.07) is 4.82. The van der Waals surface area contributed by atoms with Crippen molar-refractivity contribution in [2.75, 3.05) is 5.32 Å². The lowest BCUT2D eigenvalue weighted by Crippen LogP contribution is -2.28. The Bertz CT molecular complexity index is 932. The number of hydrogen-bond acceptors (Lipinski definition) is 6. The first kappa shape index (κ1) is 17.7. The van der Waals surface area contributed by atoms with Crippen LogP contribution in [-0.4, -0.2) is 42.2 Å². The van der Waals surface area contributed by atoms with Crippen molar-refractivity contribution in [2.24, 2.45) is 0 Å². The molecule has 1 aromatic carbocycles. The fourth-order valence-corrected chi connectivity index (χ4v) is 3.17. The van der Waals surface area contributed by atoms with Crippen molar-refractivity contribution in [1.29, 1.82) is 0 Å². The van der Waals surface area contributed by atoms with Crippen LogP contribution in [0.25, 0.3) is 16.9 Å². The maximum Gasteiger partial charge on any atom is 0.416 e. The molecule has 2 aromatic heterocycles. The molecule has 0 bridgehead atoms. The molecule has 2 heterocycles. The van der Waals surface area contributed by atoms with E-state index in [1.807, 2.05) is 0 Å². The van der Waals surface area contributed by atoms with Crippen molar-refractivity contribution < 1.29 is 18.3 Å². The topological polar surface area (TPSA) is 88.8 Å². The lowest BCUT2D eigenvalue weighted by Gasteiger charge is -2.26. The van der Waals surface area contributed by atoms with Crippen LogP contribution in [-0.2, 0) is 6.18 Å². The number of hydrogen-bond donors (Lipinski definition) is 2. The number of fused-ring (bicyclic) bond motifs is 1. The fraction of sp³-hybridized carbons (Fsp3) is 0.412. The Hall–Kier alpha value is -2.75. The molecule has 1 aliphatic rings. The molecule has 0 spiro atoms. The third-order valence-corrected chi connectivity index (χ3v) is 4.66. The number of anilines is 1. The second kappa shape index (κ2) is 6.76. The highest BCUT2D eigenvalue weighted by atomic mass is 19.4. The summed E-state index contributed by atoms with van der Waals surface area (Å²) in [6.45, 7) is 0. The van der Waals surface area contributed by atoms with Crippen LogP contribution in [0.15, 0.2) is 30.5 Å². The summed E-state index contributed by atoms with van der Waals surface area (Å²) in [5.74, 6) is 0.402. The normalized spacial score (nSPS) is 20.7. The highest BCUT2D eigenvalue weighted by Crippen LogP contribution is 2.30. The zero-order chi connectivity index (χ0) is 19.0. The first-order chi connectivity index (χ1) is 12.9. The predicted molar refractivity (Wildman–Crippen MR) is 91.3 cm³/mol. The number of aliphatic hydroxyl groups is 1. The van der Waals surface area contributed by atoms with E-state index in [0.29, 0.717) is 22.8 Å². The standard InChI is InChI=1S/C17H17F3N6O/c18-17(19,20)10-1-5-12(6-2-10)26-15-14(24-25-26)9-21-16(23-15)22-11-3-7-13(27)8-4-11/h1-2,5-6,9,11,13,27H,3-4,7-8H2,(H,21,22,23). The third kappa shape index (κ3) is 3.70. The number of halogens is 3. The molecule has 1 saturated carbocycles. The lowest BCUT2D eigenvalue weighted by atomic mass is 9.93. The molecule has 10 heteroatoms. The third-order valence-electron chi connectivity index (χ3n) is 4.66. The van der Waals surface area contributed by atoms with Gasteiger partial charge in [0.25, 0.3) is 0 Å². The number of aromatic nitrogens is 5. The Kier molecular flexibility index (Phi) is 4.42. The first-order valence-corrected chi connectivity index (χ1v) is 8.61. The highest BCUT2D eigenvalue weighted by molar-refractivity contribution is 5.72. The Morgan fingerprint density at radius 2 is 1.78 bits per heavy atom. The Morgan fingerprint density at radius 3 is 2.44 bits per heavy atom. The van der Waals surface area contributed by atoms with Crippen LogP contribution in [0.5, 0.6) is 0 Å². The van der Waals surface area contributed by atoms with Gasteiger partial charge in [0, 0.05) is 6.04 Å². The van der Waals surface area contributed by atoms with E-state index >= 15 is 0 Å². The Labute approximate surface area is 152 Å². The SMILES string of the molecule is OC1CCC(Nc2ncc3nnn(-c4ccc(C(F)(F)F)cc4)c3n2)CC1. The number of nitrogens with zero attached hydrogens (tertiary/aromatic N) is 5. The minimum Gasteiger partial charge on any atom is -0.393 e.